The van der Waals surface area contributed by atoms with Gasteiger partial charge in [0.1, 0.15) is 11.8 Å². The van der Waals surface area contributed by atoms with Gasteiger partial charge in [-0.15, -0.1) is 0 Å². The molecule has 1 N–H and O–H groups in total. The van der Waals surface area contributed by atoms with Gasteiger partial charge in [0.15, 0.2) is 0 Å². The molecule has 0 fully saturated rings. The van der Waals surface area contributed by atoms with Gasteiger partial charge in [-0.05, 0) is 38.0 Å². The molecule has 0 saturated heterocycles. The van der Waals surface area contributed by atoms with Crippen molar-refractivity contribution < 1.29 is 17.9 Å². The zero-order valence-corrected chi connectivity index (χ0v) is 17.8. The van der Waals surface area contributed by atoms with E-state index in [9.17, 15) is 13.2 Å². The molecule has 1 amide bonds. The lowest BCUT2D eigenvalue weighted by molar-refractivity contribution is -0.122. The minimum atomic E-state index is -3.68. The van der Waals surface area contributed by atoms with Gasteiger partial charge in [0.25, 0.3) is 0 Å². The Labute approximate surface area is 167 Å². The fourth-order valence-electron chi connectivity index (χ4n) is 3.07. The number of hydrogen-bond acceptors (Lipinski definition) is 4. The predicted octanol–water partition coefficient (Wildman–Crippen LogP) is 3.43. The van der Waals surface area contributed by atoms with E-state index in [1.54, 1.807) is 31.2 Å². The van der Waals surface area contributed by atoms with Crippen molar-refractivity contribution in [3.8, 4) is 5.75 Å². The van der Waals surface area contributed by atoms with Gasteiger partial charge in [-0.3, -0.25) is 9.10 Å². The summed E-state index contributed by atoms with van der Waals surface area (Å²) in [5, 5.41) is 2.98. The van der Waals surface area contributed by atoms with Crippen LogP contribution in [0.1, 0.15) is 37.4 Å². The van der Waals surface area contributed by atoms with Crippen molar-refractivity contribution in [1.82, 2.24) is 5.32 Å². The van der Waals surface area contributed by atoms with Crippen LogP contribution < -0.4 is 14.4 Å². The summed E-state index contributed by atoms with van der Waals surface area (Å²) in [6.07, 6.45) is 1.78. The number of nitrogens with zero attached hydrogens (tertiary/aromatic N) is 1. The van der Waals surface area contributed by atoms with Crippen molar-refractivity contribution >= 4 is 21.6 Å². The molecule has 152 valence electrons. The third-order valence-electron chi connectivity index (χ3n) is 4.60. The molecule has 7 heteroatoms. The van der Waals surface area contributed by atoms with Gasteiger partial charge < -0.3 is 10.1 Å². The van der Waals surface area contributed by atoms with Gasteiger partial charge in [-0.25, -0.2) is 8.42 Å². The molecule has 28 heavy (non-hydrogen) atoms. The number of sulfonamides is 1. The van der Waals surface area contributed by atoms with E-state index in [0.717, 1.165) is 21.7 Å². The number of carbonyl (C=O) groups excluding carboxylic acids is 1. The quantitative estimate of drug-likeness (QED) is 0.731. The summed E-state index contributed by atoms with van der Waals surface area (Å²) < 4.78 is 31.2. The number of amides is 1. The van der Waals surface area contributed by atoms with Gasteiger partial charge in [-0.2, -0.15) is 0 Å². The first-order chi connectivity index (χ1) is 13.2. The molecule has 2 aromatic rings. The summed E-state index contributed by atoms with van der Waals surface area (Å²) in [5.74, 6) is 0.158. The highest BCUT2D eigenvalue weighted by Crippen LogP contribution is 2.26. The Morgan fingerprint density at radius 3 is 2.36 bits per heavy atom. The molecule has 0 bridgehead atoms. The Hall–Kier alpha value is -2.54. The number of aryl methyl sites for hydroxylation is 1. The molecule has 0 saturated carbocycles. The number of anilines is 1. The van der Waals surface area contributed by atoms with Crippen LogP contribution in [0.25, 0.3) is 0 Å². The Kier molecular flexibility index (Phi) is 7.07. The van der Waals surface area contributed by atoms with Crippen LogP contribution in [0.15, 0.2) is 48.5 Å². The summed E-state index contributed by atoms with van der Waals surface area (Å²) in [4.78, 5) is 12.9. The smallest absolute Gasteiger partial charge is 0.244 e. The molecule has 0 unspecified atom stereocenters. The monoisotopic (exact) mass is 404 g/mol. The van der Waals surface area contributed by atoms with Crippen molar-refractivity contribution in [2.24, 2.45) is 0 Å². The number of carbonyl (C=O) groups is 1. The molecule has 0 aromatic heterocycles. The molecular formula is C21H28N2O4S. The normalized spacial score (nSPS) is 13.5. The zero-order valence-electron chi connectivity index (χ0n) is 17.0. The lowest BCUT2D eigenvalue weighted by Gasteiger charge is -2.30. The molecule has 0 heterocycles. The van der Waals surface area contributed by atoms with Crippen LogP contribution in [0.2, 0.25) is 0 Å². The molecule has 0 spiro atoms. The van der Waals surface area contributed by atoms with E-state index in [0.29, 0.717) is 17.9 Å². The Balaban J connectivity index is 2.29. The maximum atomic E-state index is 12.9. The summed E-state index contributed by atoms with van der Waals surface area (Å²) in [7, 11) is -2.18. The van der Waals surface area contributed by atoms with E-state index in [1.807, 2.05) is 38.1 Å². The Bertz CT molecular complexity index is 910. The standard InChI is InChI=1S/C21H28N2O4S/c1-6-20(17-12-10-15(2)11-13-17)22-21(24)16(3)23(28(5,25)26)18-8-7-9-19(14-18)27-4/h7-14,16,20H,6H2,1-5H3,(H,22,24)/t16-,20-/m1/s1. The van der Waals surface area contributed by atoms with Crippen molar-refractivity contribution in [3.63, 3.8) is 0 Å². The van der Waals surface area contributed by atoms with E-state index in [1.165, 1.54) is 7.11 Å². The minimum Gasteiger partial charge on any atom is -0.497 e. The predicted molar refractivity (Wildman–Crippen MR) is 112 cm³/mol. The lowest BCUT2D eigenvalue weighted by Crippen LogP contribution is -2.48. The third kappa shape index (κ3) is 5.25. The van der Waals surface area contributed by atoms with E-state index < -0.39 is 16.1 Å². The second-order valence-corrected chi connectivity index (χ2v) is 8.68. The maximum absolute atomic E-state index is 12.9. The molecule has 0 aliphatic heterocycles. The van der Waals surface area contributed by atoms with Crippen LogP contribution in [-0.4, -0.2) is 33.7 Å². The van der Waals surface area contributed by atoms with E-state index in [4.69, 9.17) is 4.74 Å². The summed E-state index contributed by atoms with van der Waals surface area (Å²) in [5.41, 5.74) is 2.51. The van der Waals surface area contributed by atoms with Gasteiger partial charge >= 0.3 is 0 Å². The van der Waals surface area contributed by atoms with Crippen molar-refractivity contribution in [1.29, 1.82) is 0 Å². The SMILES string of the molecule is CC[C@@H](NC(=O)[C@@H](C)N(c1cccc(OC)c1)S(C)(=O)=O)c1ccc(C)cc1. The van der Waals surface area contributed by atoms with Crippen LogP contribution >= 0.6 is 0 Å². The Morgan fingerprint density at radius 1 is 1.18 bits per heavy atom. The lowest BCUT2D eigenvalue weighted by atomic mass is 10.0. The first-order valence-electron chi connectivity index (χ1n) is 9.17. The zero-order chi connectivity index (χ0) is 20.9. The maximum Gasteiger partial charge on any atom is 0.244 e. The molecule has 0 aliphatic rings. The van der Waals surface area contributed by atoms with E-state index in [-0.39, 0.29) is 11.9 Å². The fraction of sp³-hybridized carbons (Fsp3) is 0.381. The minimum absolute atomic E-state index is 0.192. The third-order valence-corrected chi connectivity index (χ3v) is 5.84. The van der Waals surface area contributed by atoms with Crippen LogP contribution in [0.5, 0.6) is 5.75 Å². The van der Waals surface area contributed by atoms with Crippen molar-refractivity contribution in [2.45, 2.75) is 39.3 Å². The molecule has 6 nitrogen and oxygen atoms in total. The number of ether oxygens (including phenoxy) is 1. The van der Waals surface area contributed by atoms with Crippen molar-refractivity contribution in [3.05, 3.63) is 59.7 Å². The van der Waals surface area contributed by atoms with Gasteiger partial charge in [-0.1, -0.05) is 42.8 Å². The molecule has 2 rings (SSSR count). The van der Waals surface area contributed by atoms with Gasteiger partial charge in [0, 0.05) is 6.07 Å². The number of hydrogen-bond donors (Lipinski definition) is 1. The van der Waals surface area contributed by atoms with Gasteiger partial charge in [0.2, 0.25) is 15.9 Å². The molecular weight excluding hydrogens is 376 g/mol. The molecule has 2 aromatic carbocycles. The van der Waals surface area contributed by atoms with Gasteiger partial charge in [0.05, 0.1) is 25.1 Å². The average Bonchev–Trinajstić information content (AvgIpc) is 2.65. The molecule has 2 atom stereocenters. The second kappa shape index (κ2) is 9.10. The largest absolute Gasteiger partial charge is 0.497 e. The van der Waals surface area contributed by atoms with Crippen LogP contribution in [0.4, 0.5) is 5.69 Å². The first kappa shape index (κ1) is 21.8. The summed E-state index contributed by atoms with van der Waals surface area (Å²) in [6, 6.07) is 13.5. The number of nitrogens with one attached hydrogen (secondary N) is 1. The first-order valence-corrected chi connectivity index (χ1v) is 11.0. The number of benzene rings is 2. The van der Waals surface area contributed by atoms with Crippen LogP contribution in [0.3, 0.4) is 0 Å². The highest BCUT2D eigenvalue weighted by molar-refractivity contribution is 7.92. The summed E-state index contributed by atoms with van der Waals surface area (Å²) >= 11 is 0. The number of rotatable bonds is 8. The topological polar surface area (TPSA) is 75.7 Å². The second-order valence-electron chi connectivity index (χ2n) is 6.82. The summed E-state index contributed by atoms with van der Waals surface area (Å²) in [6.45, 7) is 5.56. The molecule has 0 aliphatic carbocycles. The Morgan fingerprint density at radius 2 is 1.82 bits per heavy atom. The van der Waals surface area contributed by atoms with Crippen LogP contribution in [-0.2, 0) is 14.8 Å². The number of methoxy groups -OCH3 is 1. The average molecular weight is 405 g/mol. The molecule has 0 radical (unpaired) electrons. The van der Waals surface area contributed by atoms with Crippen LogP contribution in [0, 0.1) is 6.92 Å². The highest BCUT2D eigenvalue weighted by Gasteiger charge is 2.30. The fourth-order valence-corrected chi connectivity index (χ4v) is 4.24. The highest BCUT2D eigenvalue weighted by atomic mass is 32.2. The van der Waals surface area contributed by atoms with E-state index >= 15 is 0 Å². The van der Waals surface area contributed by atoms with Crippen molar-refractivity contribution in [2.75, 3.05) is 17.7 Å². The van der Waals surface area contributed by atoms with E-state index in [2.05, 4.69) is 5.32 Å².